The molecular formula is C13H8F2. The molecule has 0 bridgehead atoms. The van der Waals surface area contributed by atoms with Crippen LogP contribution in [0.5, 0.6) is 0 Å². The van der Waals surface area contributed by atoms with Gasteiger partial charge in [-0.1, -0.05) is 24.3 Å². The van der Waals surface area contributed by atoms with Gasteiger partial charge in [0, 0.05) is 17.5 Å². The molecule has 3 rings (SSSR count). The Morgan fingerprint density at radius 1 is 0.867 bits per heavy atom. The van der Waals surface area contributed by atoms with Crippen molar-refractivity contribution < 1.29 is 8.78 Å². The highest BCUT2D eigenvalue weighted by Crippen LogP contribution is 2.39. The van der Waals surface area contributed by atoms with Crippen molar-refractivity contribution in [2.24, 2.45) is 0 Å². The fraction of sp³-hybridized carbons (Fsp3) is 0.0769. The third-order valence-electron chi connectivity index (χ3n) is 2.86. The Morgan fingerprint density at radius 3 is 2.47 bits per heavy atom. The lowest BCUT2D eigenvalue weighted by Crippen LogP contribution is -1.90. The van der Waals surface area contributed by atoms with E-state index in [1.807, 2.05) is 24.3 Å². The van der Waals surface area contributed by atoms with Crippen molar-refractivity contribution in [1.82, 2.24) is 0 Å². The Hall–Kier alpha value is -1.70. The summed E-state index contributed by atoms with van der Waals surface area (Å²) in [5.41, 5.74) is 2.74. The summed E-state index contributed by atoms with van der Waals surface area (Å²) in [6.45, 7) is 0. The van der Waals surface area contributed by atoms with Crippen LogP contribution in [0.25, 0.3) is 11.1 Å². The van der Waals surface area contributed by atoms with Gasteiger partial charge in [0.15, 0.2) is 0 Å². The zero-order valence-electron chi connectivity index (χ0n) is 7.93. The van der Waals surface area contributed by atoms with Gasteiger partial charge in [0.25, 0.3) is 0 Å². The van der Waals surface area contributed by atoms with Gasteiger partial charge in [0.2, 0.25) is 0 Å². The third kappa shape index (κ3) is 1.11. The van der Waals surface area contributed by atoms with E-state index in [-0.39, 0.29) is 11.6 Å². The maximum absolute atomic E-state index is 13.6. The Labute approximate surface area is 86.2 Å². The molecule has 0 heterocycles. The van der Waals surface area contributed by atoms with Crippen LogP contribution >= 0.6 is 0 Å². The maximum atomic E-state index is 13.6. The van der Waals surface area contributed by atoms with Crippen molar-refractivity contribution in [3.63, 3.8) is 0 Å². The average Bonchev–Trinajstić information content (AvgIpc) is 2.64. The molecule has 0 spiro atoms. The van der Waals surface area contributed by atoms with Gasteiger partial charge in [-0.15, -0.1) is 0 Å². The summed E-state index contributed by atoms with van der Waals surface area (Å²) < 4.78 is 27.1. The van der Waals surface area contributed by atoms with Gasteiger partial charge >= 0.3 is 0 Å². The van der Waals surface area contributed by atoms with Gasteiger partial charge in [-0.25, -0.2) is 8.78 Å². The number of hydrogen-bond acceptors (Lipinski definition) is 0. The number of benzene rings is 2. The molecule has 0 nitrogen and oxygen atoms in total. The first-order valence-electron chi connectivity index (χ1n) is 4.82. The average molecular weight is 202 g/mol. The number of hydrogen-bond donors (Lipinski definition) is 0. The van der Waals surface area contributed by atoms with E-state index in [0.29, 0.717) is 17.5 Å². The fourth-order valence-corrected chi connectivity index (χ4v) is 2.17. The number of rotatable bonds is 0. The molecule has 0 radical (unpaired) electrons. The second-order valence-corrected chi connectivity index (χ2v) is 3.72. The predicted molar refractivity (Wildman–Crippen MR) is 54.6 cm³/mol. The molecule has 74 valence electrons. The standard InChI is InChI=1S/C13H8F2/c14-11-5-6-12(15)13-9-4-2-1-3-8(9)7-10(11)13/h1-6H,7H2. The highest BCUT2D eigenvalue weighted by atomic mass is 19.1. The molecular weight excluding hydrogens is 194 g/mol. The second kappa shape index (κ2) is 2.89. The lowest BCUT2D eigenvalue weighted by Gasteiger charge is -2.02. The van der Waals surface area contributed by atoms with E-state index in [9.17, 15) is 8.78 Å². The monoisotopic (exact) mass is 202 g/mol. The summed E-state index contributed by atoms with van der Waals surface area (Å²) in [6, 6.07) is 9.87. The Kier molecular flexibility index (Phi) is 1.66. The van der Waals surface area contributed by atoms with Crippen molar-refractivity contribution >= 4 is 0 Å². The normalized spacial score (nSPS) is 12.4. The first kappa shape index (κ1) is 8.60. The Balaban J connectivity index is 2.37. The van der Waals surface area contributed by atoms with Crippen molar-refractivity contribution in [1.29, 1.82) is 0 Å². The van der Waals surface area contributed by atoms with Crippen LogP contribution in [0, 0.1) is 11.6 Å². The minimum atomic E-state index is -0.337. The molecule has 1 aliphatic rings. The van der Waals surface area contributed by atoms with Crippen LogP contribution in [0.2, 0.25) is 0 Å². The van der Waals surface area contributed by atoms with E-state index in [1.54, 1.807) is 0 Å². The molecule has 0 N–H and O–H groups in total. The summed E-state index contributed by atoms with van der Waals surface area (Å²) >= 11 is 0. The van der Waals surface area contributed by atoms with Gasteiger partial charge in [-0.2, -0.15) is 0 Å². The van der Waals surface area contributed by atoms with E-state index >= 15 is 0 Å². The van der Waals surface area contributed by atoms with Gasteiger partial charge in [0.1, 0.15) is 11.6 Å². The molecule has 0 amide bonds. The third-order valence-corrected chi connectivity index (χ3v) is 2.86. The molecule has 1 aliphatic carbocycles. The van der Waals surface area contributed by atoms with Crippen molar-refractivity contribution in [3.8, 4) is 11.1 Å². The molecule has 2 heteroatoms. The highest BCUT2D eigenvalue weighted by molar-refractivity contribution is 5.77. The zero-order valence-corrected chi connectivity index (χ0v) is 7.93. The summed E-state index contributed by atoms with van der Waals surface area (Å²) in [5, 5.41) is 0. The second-order valence-electron chi connectivity index (χ2n) is 3.72. The highest BCUT2D eigenvalue weighted by Gasteiger charge is 2.24. The van der Waals surface area contributed by atoms with Gasteiger partial charge < -0.3 is 0 Å². The molecule has 0 saturated heterocycles. The van der Waals surface area contributed by atoms with Crippen molar-refractivity contribution in [3.05, 3.63) is 59.2 Å². The SMILES string of the molecule is Fc1ccc(F)c2c1Cc1ccccc1-2. The fourth-order valence-electron chi connectivity index (χ4n) is 2.17. The lowest BCUT2D eigenvalue weighted by molar-refractivity contribution is 0.594. The summed E-state index contributed by atoms with van der Waals surface area (Å²) in [4.78, 5) is 0. The Morgan fingerprint density at radius 2 is 1.60 bits per heavy atom. The largest absolute Gasteiger partial charge is 0.207 e. The molecule has 0 aliphatic heterocycles. The molecule has 2 aromatic rings. The van der Waals surface area contributed by atoms with Crippen LogP contribution in [-0.4, -0.2) is 0 Å². The topological polar surface area (TPSA) is 0 Å². The molecule has 0 unspecified atom stereocenters. The van der Waals surface area contributed by atoms with Crippen LogP contribution in [0.4, 0.5) is 8.78 Å². The first-order chi connectivity index (χ1) is 7.27. The molecule has 15 heavy (non-hydrogen) atoms. The summed E-state index contributed by atoms with van der Waals surface area (Å²) in [5.74, 6) is -0.654. The van der Waals surface area contributed by atoms with E-state index in [1.165, 1.54) is 12.1 Å². The zero-order chi connectivity index (χ0) is 10.4. The minimum absolute atomic E-state index is 0.317. The quantitative estimate of drug-likeness (QED) is 0.523. The van der Waals surface area contributed by atoms with Crippen LogP contribution < -0.4 is 0 Å². The summed E-state index contributed by atoms with van der Waals surface area (Å²) in [7, 11) is 0. The number of fused-ring (bicyclic) bond motifs is 3. The van der Waals surface area contributed by atoms with Crippen molar-refractivity contribution in [2.45, 2.75) is 6.42 Å². The van der Waals surface area contributed by atoms with E-state index in [2.05, 4.69) is 0 Å². The smallest absolute Gasteiger partial charge is 0.131 e. The minimum Gasteiger partial charge on any atom is -0.207 e. The lowest BCUT2D eigenvalue weighted by atomic mass is 10.1. The van der Waals surface area contributed by atoms with Crippen LogP contribution in [0.3, 0.4) is 0 Å². The van der Waals surface area contributed by atoms with Crippen LogP contribution in [0.1, 0.15) is 11.1 Å². The van der Waals surface area contributed by atoms with E-state index in [4.69, 9.17) is 0 Å². The van der Waals surface area contributed by atoms with Gasteiger partial charge in [0.05, 0.1) is 0 Å². The maximum Gasteiger partial charge on any atom is 0.131 e. The molecule has 0 saturated carbocycles. The van der Waals surface area contributed by atoms with Crippen LogP contribution in [-0.2, 0) is 6.42 Å². The van der Waals surface area contributed by atoms with Gasteiger partial charge in [-0.05, 0) is 23.3 Å². The molecule has 0 fully saturated rings. The first-order valence-corrected chi connectivity index (χ1v) is 4.82. The Bertz CT molecular complexity index is 544. The van der Waals surface area contributed by atoms with E-state index in [0.717, 1.165) is 11.1 Å². The van der Waals surface area contributed by atoms with Crippen LogP contribution in [0.15, 0.2) is 36.4 Å². The van der Waals surface area contributed by atoms with Crippen molar-refractivity contribution in [2.75, 3.05) is 0 Å². The van der Waals surface area contributed by atoms with Gasteiger partial charge in [-0.3, -0.25) is 0 Å². The number of halogens is 2. The molecule has 2 aromatic carbocycles. The molecule has 0 atom stereocenters. The van der Waals surface area contributed by atoms with E-state index < -0.39 is 0 Å². The predicted octanol–water partition coefficient (Wildman–Crippen LogP) is 3.54. The molecule has 0 aromatic heterocycles. The summed E-state index contributed by atoms with van der Waals surface area (Å²) in [6.07, 6.45) is 0.495.